The Kier molecular flexibility index (Phi) is 3.40. The Morgan fingerprint density at radius 1 is 1.65 bits per heavy atom. The van der Waals surface area contributed by atoms with Crippen molar-refractivity contribution in [3.05, 3.63) is 18.6 Å². The molecular weight excluding hydrogens is 222 g/mol. The molecule has 0 bridgehead atoms. The molecule has 0 aliphatic rings. The molecule has 2 rings (SSSR count). The summed E-state index contributed by atoms with van der Waals surface area (Å²) in [4.78, 5) is 8.29. The lowest BCUT2D eigenvalue weighted by Gasteiger charge is -2.12. The van der Waals surface area contributed by atoms with Gasteiger partial charge in [-0.25, -0.2) is 9.97 Å². The number of rotatable bonds is 5. The van der Waals surface area contributed by atoms with Crippen molar-refractivity contribution in [1.82, 2.24) is 14.4 Å². The lowest BCUT2D eigenvalue weighted by atomic mass is 10.4. The lowest BCUT2D eigenvalue weighted by molar-refractivity contribution is 0.0727. The molecule has 1 atom stereocenters. The van der Waals surface area contributed by atoms with Gasteiger partial charge in [0.25, 0.3) is 0 Å². The fourth-order valence-electron chi connectivity index (χ4n) is 1.54. The van der Waals surface area contributed by atoms with E-state index in [1.165, 1.54) is 7.11 Å². The van der Waals surface area contributed by atoms with Gasteiger partial charge in [0.15, 0.2) is 11.5 Å². The Bertz CT molecular complexity index is 498. The molecule has 0 saturated carbocycles. The molecule has 0 aliphatic heterocycles. The second-order valence-electron chi connectivity index (χ2n) is 3.66. The highest BCUT2D eigenvalue weighted by atomic mass is 16.5. The Balaban J connectivity index is 2.14. The van der Waals surface area contributed by atoms with E-state index in [1.54, 1.807) is 23.0 Å². The zero-order valence-corrected chi connectivity index (χ0v) is 9.50. The van der Waals surface area contributed by atoms with Crippen LogP contribution in [0.15, 0.2) is 18.6 Å². The largest absolute Gasteiger partial charge is 0.389 e. The number of nitrogen functional groups attached to an aromatic ring is 1. The molecule has 7 nitrogen and oxygen atoms in total. The van der Waals surface area contributed by atoms with Gasteiger partial charge in [0.05, 0.1) is 18.9 Å². The average molecular weight is 237 g/mol. The highest BCUT2D eigenvalue weighted by Gasteiger charge is 2.08. The van der Waals surface area contributed by atoms with E-state index in [2.05, 4.69) is 15.3 Å². The maximum Gasteiger partial charge on any atom is 0.180 e. The van der Waals surface area contributed by atoms with Gasteiger partial charge in [0.2, 0.25) is 0 Å². The van der Waals surface area contributed by atoms with E-state index in [0.717, 1.165) is 0 Å². The molecule has 0 spiro atoms. The van der Waals surface area contributed by atoms with E-state index < -0.39 is 6.10 Å². The highest BCUT2D eigenvalue weighted by molar-refractivity contribution is 5.64. The SMILES string of the molecule is COCC(O)CNc1nc(N)cn2ccnc12. The fraction of sp³-hybridized carbons (Fsp3) is 0.400. The molecule has 0 saturated heterocycles. The molecule has 2 aromatic heterocycles. The van der Waals surface area contributed by atoms with Crippen LogP contribution in [-0.4, -0.2) is 45.8 Å². The van der Waals surface area contributed by atoms with Gasteiger partial charge < -0.3 is 25.3 Å². The average Bonchev–Trinajstić information content (AvgIpc) is 2.74. The minimum atomic E-state index is -0.599. The first-order valence-corrected chi connectivity index (χ1v) is 5.20. The second kappa shape index (κ2) is 4.98. The zero-order valence-electron chi connectivity index (χ0n) is 9.50. The smallest absolute Gasteiger partial charge is 0.180 e. The molecule has 0 aliphatic carbocycles. The maximum atomic E-state index is 9.53. The van der Waals surface area contributed by atoms with Crippen LogP contribution in [0.2, 0.25) is 0 Å². The molecule has 1 unspecified atom stereocenters. The molecule has 0 aromatic carbocycles. The van der Waals surface area contributed by atoms with Crippen LogP contribution < -0.4 is 11.1 Å². The summed E-state index contributed by atoms with van der Waals surface area (Å²) < 4.78 is 6.60. The van der Waals surface area contributed by atoms with Crippen LogP contribution in [-0.2, 0) is 4.74 Å². The quantitative estimate of drug-likeness (QED) is 0.662. The predicted octanol–water partition coefficient (Wildman–Crippen LogP) is -0.269. The van der Waals surface area contributed by atoms with Crippen molar-refractivity contribution in [3.8, 4) is 0 Å². The number of hydrogen-bond donors (Lipinski definition) is 3. The number of aliphatic hydroxyl groups is 1. The normalized spacial score (nSPS) is 12.8. The van der Waals surface area contributed by atoms with Gasteiger partial charge in [-0.3, -0.25) is 0 Å². The van der Waals surface area contributed by atoms with Crippen LogP contribution >= 0.6 is 0 Å². The topological polar surface area (TPSA) is 97.7 Å². The minimum Gasteiger partial charge on any atom is -0.389 e. The number of aliphatic hydroxyl groups excluding tert-OH is 1. The number of imidazole rings is 1. The van der Waals surface area contributed by atoms with Crippen LogP contribution in [0.25, 0.3) is 5.65 Å². The molecule has 4 N–H and O–H groups in total. The molecule has 92 valence electrons. The third kappa shape index (κ3) is 2.63. The van der Waals surface area contributed by atoms with Crippen molar-refractivity contribution in [2.75, 3.05) is 31.3 Å². The number of fused-ring (bicyclic) bond motifs is 1. The number of anilines is 2. The van der Waals surface area contributed by atoms with E-state index in [9.17, 15) is 5.11 Å². The number of nitrogens with one attached hydrogen (secondary N) is 1. The number of ether oxygens (including phenoxy) is 1. The van der Waals surface area contributed by atoms with Crippen LogP contribution in [0.1, 0.15) is 0 Å². The molecule has 0 amide bonds. The summed E-state index contributed by atoms with van der Waals surface area (Å²) in [6.07, 6.45) is 4.52. The number of methoxy groups -OCH3 is 1. The Hall–Kier alpha value is -1.86. The lowest BCUT2D eigenvalue weighted by Crippen LogP contribution is -2.24. The number of nitrogens with zero attached hydrogens (tertiary/aromatic N) is 3. The Morgan fingerprint density at radius 2 is 2.47 bits per heavy atom. The summed E-state index contributed by atoms with van der Waals surface area (Å²) in [6.45, 7) is 0.590. The Morgan fingerprint density at radius 3 is 3.24 bits per heavy atom. The predicted molar refractivity (Wildman–Crippen MR) is 63.8 cm³/mol. The van der Waals surface area contributed by atoms with E-state index in [0.29, 0.717) is 23.8 Å². The fourth-order valence-corrected chi connectivity index (χ4v) is 1.54. The van der Waals surface area contributed by atoms with Crippen molar-refractivity contribution in [1.29, 1.82) is 0 Å². The van der Waals surface area contributed by atoms with Crippen LogP contribution in [0.4, 0.5) is 11.6 Å². The molecule has 0 fully saturated rings. The van der Waals surface area contributed by atoms with Crippen molar-refractivity contribution < 1.29 is 9.84 Å². The third-order valence-corrected chi connectivity index (χ3v) is 2.26. The first-order chi connectivity index (χ1) is 8.20. The number of hydrogen-bond acceptors (Lipinski definition) is 6. The summed E-state index contributed by atoms with van der Waals surface area (Å²) in [6, 6.07) is 0. The van der Waals surface area contributed by atoms with Crippen LogP contribution in [0, 0.1) is 0 Å². The van der Waals surface area contributed by atoms with Gasteiger partial charge in [-0.2, -0.15) is 0 Å². The number of nitrogens with two attached hydrogens (primary N) is 1. The Labute approximate surface area is 98.2 Å². The van der Waals surface area contributed by atoms with Crippen LogP contribution in [0.5, 0.6) is 0 Å². The molecule has 2 aromatic rings. The highest BCUT2D eigenvalue weighted by Crippen LogP contribution is 2.14. The van der Waals surface area contributed by atoms with E-state index >= 15 is 0 Å². The molecule has 2 heterocycles. The van der Waals surface area contributed by atoms with Gasteiger partial charge >= 0.3 is 0 Å². The summed E-state index contributed by atoms with van der Waals surface area (Å²) in [5, 5.41) is 12.5. The van der Waals surface area contributed by atoms with Gasteiger partial charge in [0, 0.05) is 26.0 Å². The molecule has 0 radical (unpaired) electrons. The summed E-state index contributed by atoms with van der Waals surface area (Å²) in [5.41, 5.74) is 6.33. The first kappa shape index (κ1) is 11.6. The van der Waals surface area contributed by atoms with Crippen molar-refractivity contribution >= 4 is 17.3 Å². The second-order valence-corrected chi connectivity index (χ2v) is 3.66. The van der Waals surface area contributed by atoms with Gasteiger partial charge in [-0.15, -0.1) is 0 Å². The monoisotopic (exact) mass is 237 g/mol. The van der Waals surface area contributed by atoms with Gasteiger partial charge in [-0.05, 0) is 0 Å². The summed E-state index contributed by atoms with van der Waals surface area (Å²) >= 11 is 0. The maximum absolute atomic E-state index is 9.53. The summed E-state index contributed by atoms with van der Waals surface area (Å²) in [7, 11) is 1.54. The standard InChI is InChI=1S/C10H15N5O2/c1-17-6-7(16)4-13-9-10-12-2-3-15(10)5-8(11)14-9/h2-3,5,7,16H,4,6,11H2,1H3,(H,13,14). The summed E-state index contributed by atoms with van der Waals surface area (Å²) in [5.74, 6) is 0.935. The minimum absolute atomic E-state index is 0.264. The van der Waals surface area contributed by atoms with Crippen LogP contribution in [0.3, 0.4) is 0 Å². The van der Waals surface area contributed by atoms with E-state index in [4.69, 9.17) is 10.5 Å². The van der Waals surface area contributed by atoms with Gasteiger partial charge in [-0.1, -0.05) is 0 Å². The first-order valence-electron chi connectivity index (χ1n) is 5.20. The van der Waals surface area contributed by atoms with E-state index in [1.807, 2.05) is 0 Å². The van der Waals surface area contributed by atoms with Crippen molar-refractivity contribution in [3.63, 3.8) is 0 Å². The van der Waals surface area contributed by atoms with Gasteiger partial charge in [0.1, 0.15) is 5.82 Å². The molecule has 17 heavy (non-hydrogen) atoms. The number of aromatic nitrogens is 3. The molecule has 7 heteroatoms. The third-order valence-electron chi connectivity index (χ3n) is 2.26. The van der Waals surface area contributed by atoms with Crippen molar-refractivity contribution in [2.45, 2.75) is 6.10 Å². The van der Waals surface area contributed by atoms with E-state index in [-0.39, 0.29) is 6.61 Å². The zero-order chi connectivity index (χ0) is 12.3. The molecular formula is C10H15N5O2. The van der Waals surface area contributed by atoms with Crippen molar-refractivity contribution in [2.24, 2.45) is 0 Å².